The molecule has 0 unspecified atom stereocenters. The first kappa shape index (κ1) is 28.4. The number of rotatable bonds is 5. The van der Waals surface area contributed by atoms with Gasteiger partial charge in [0.1, 0.15) is 11.2 Å². The second-order valence-corrected chi connectivity index (χ2v) is 13.0. The fourth-order valence-corrected chi connectivity index (χ4v) is 7.48. The lowest BCUT2D eigenvalue weighted by Crippen LogP contribution is -2.11. The lowest BCUT2D eigenvalue weighted by molar-refractivity contribution is 0.669. The zero-order chi connectivity index (χ0) is 33.0. The summed E-state index contributed by atoms with van der Waals surface area (Å²) in [5.41, 5.74) is 9.77. The molecular weight excluding hydrogens is 607 g/mol. The molecule has 0 aliphatic heterocycles. The third-order valence-electron chi connectivity index (χ3n) is 9.97. The highest BCUT2D eigenvalue weighted by atomic mass is 16.3. The molecule has 0 bridgehead atoms. The number of furan rings is 1. The first-order valence-corrected chi connectivity index (χ1v) is 17.1. The molecule has 0 N–H and O–H groups in total. The van der Waals surface area contributed by atoms with Crippen LogP contribution >= 0.6 is 0 Å². The van der Waals surface area contributed by atoms with Crippen LogP contribution in [-0.4, -0.2) is 0 Å². The number of para-hydroxylation sites is 1. The van der Waals surface area contributed by atoms with Gasteiger partial charge in [-0.1, -0.05) is 127 Å². The number of anilines is 3. The Hall–Kier alpha value is -6.64. The molecule has 10 aromatic rings. The first-order chi connectivity index (χ1) is 24.7. The van der Waals surface area contributed by atoms with Gasteiger partial charge >= 0.3 is 0 Å². The average molecular weight is 638 g/mol. The smallest absolute Gasteiger partial charge is 0.136 e. The molecule has 1 aromatic heterocycles. The molecule has 0 atom stereocenters. The Morgan fingerprint density at radius 3 is 1.70 bits per heavy atom. The van der Waals surface area contributed by atoms with Crippen LogP contribution in [0.2, 0.25) is 0 Å². The lowest BCUT2D eigenvalue weighted by atomic mass is 9.98. The van der Waals surface area contributed by atoms with E-state index in [-0.39, 0.29) is 0 Å². The fraction of sp³-hybridized carbons (Fsp3) is 0. The van der Waals surface area contributed by atoms with Gasteiger partial charge in [-0.05, 0) is 110 Å². The second kappa shape index (κ2) is 11.5. The summed E-state index contributed by atoms with van der Waals surface area (Å²) in [5, 5.41) is 9.55. The Kier molecular flexibility index (Phi) is 6.53. The number of fused-ring (bicyclic) bond motifs is 6. The number of nitrogens with zero attached hydrogens (tertiary/aromatic N) is 1. The maximum Gasteiger partial charge on any atom is 0.136 e. The quantitative estimate of drug-likeness (QED) is 0.187. The molecule has 0 radical (unpaired) electrons. The predicted molar refractivity (Wildman–Crippen MR) is 212 cm³/mol. The van der Waals surface area contributed by atoms with Gasteiger partial charge < -0.3 is 9.32 Å². The molecule has 10 rings (SSSR count). The molecule has 50 heavy (non-hydrogen) atoms. The van der Waals surface area contributed by atoms with Crippen molar-refractivity contribution in [3.63, 3.8) is 0 Å². The summed E-state index contributed by atoms with van der Waals surface area (Å²) in [5.74, 6) is 0. The second-order valence-electron chi connectivity index (χ2n) is 13.0. The Morgan fingerprint density at radius 2 is 0.900 bits per heavy atom. The minimum absolute atomic E-state index is 0.894. The topological polar surface area (TPSA) is 16.4 Å². The monoisotopic (exact) mass is 637 g/mol. The van der Waals surface area contributed by atoms with E-state index in [2.05, 4.69) is 193 Å². The SMILES string of the molecule is c1cc(-c2ccc3ccccc3c2)cc(N(c2ccc3ccccc3c2)c2ccccc2-c2ccc3oc4cc5ccccc5cc4c3c2)c1. The van der Waals surface area contributed by atoms with Crippen LogP contribution < -0.4 is 4.90 Å². The molecule has 1 heterocycles. The Balaban J connectivity index is 1.16. The van der Waals surface area contributed by atoms with Crippen molar-refractivity contribution in [1.29, 1.82) is 0 Å². The van der Waals surface area contributed by atoms with Gasteiger partial charge in [-0.15, -0.1) is 0 Å². The van der Waals surface area contributed by atoms with Gasteiger partial charge in [-0.2, -0.15) is 0 Å². The van der Waals surface area contributed by atoms with E-state index in [1.807, 2.05) is 0 Å². The molecular formula is C48H31NO. The zero-order valence-electron chi connectivity index (χ0n) is 27.3. The van der Waals surface area contributed by atoms with E-state index >= 15 is 0 Å². The molecule has 0 amide bonds. The van der Waals surface area contributed by atoms with Gasteiger partial charge in [0.2, 0.25) is 0 Å². The number of benzene rings is 9. The van der Waals surface area contributed by atoms with Crippen LogP contribution in [0.25, 0.3) is 76.5 Å². The highest BCUT2D eigenvalue weighted by Gasteiger charge is 2.19. The molecule has 0 aliphatic carbocycles. The summed E-state index contributed by atoms with van der Waals surface area (Å²) in [6.07, 6.45) is 0. The van der Waals surface area contributed by atoms with Crippen molar-refractivity contribution >= 4 is 71.3 Å². The summed E-state index contributed by atoms with van der Waals surface area (Å²) < 4.78 is 6.38. The Morgan fingerprint density at radius 1 is 0.320 bits per heavy atom. The van der Waals surface area contributed by atoms with Gasteiger partial charge in [0.05, 0.1) is 5.69 Å². The van der Waals surface area contributed by atoms with Gasteiger partial charge in [-0.25, -0.2) is 0 Å². The summed E-state index contributed by atoms with van der Waals surface area (Å²) in [6, 6.07) is 67.7. The van der Waals surface area contributed by atoms with Crippen molar-refractivity contribution < 1.29 is 4.42 Å². The van der Waals surface area contributed by atoms with Gasteiger partial charge in [0.15, 0.2) is 0 Å². The third-order valence-corrected chi connectivity index (χ3v) is 9.97. The van der Waals surface area contributed by atoms with Crippen molar-refractivity contribution in [3.8, 4) is 22.3 Å². The lowest BCUT2D eigenvalue weighted by Gasteiger charge is -2.28. The summed E-state index contributed by atoms with van der Waals surface area (Å²) in [6.45, 7) is 0. The standard InChI is InChI=1S/C48H31NO/c1-3-12-34-26-39(21-20-32(34)10-1)36-16-9-17-41(28-36)49(42-24-22-33-11-2-4-13-35(33)27-42)46-19-8-7-18-43(46)40-23-25-47-44(30-40)45-29-37-14-5-6-15-38(37)31-48(45)50-47/h1-31H. The molecule has 234 valence electrons. The fourth-order valence-electron chi connectivity index (χ4n) is 7.48. The van der Waals surface area contributed by atoms with Crippen LogP contribution in [-0.2, 0) is 0 Å². The average Bonchev–Trinajstić information content (AvgIpc) is 3.53. The van der Waals surface area contributed by atoms with Crippen molar-refractivity contribution in [1.82, 2.24) is 0 Å². The Bertz CT molecular complexity index is 2900. The zero-order valence-corrected chi connectivity index (χ0v) is 27.3. The van der Waals surface area contributed by atoms with Gasteiger partial charge in [0.25, 0.3) is 0 Å². The van der Waals surface area contributed by atoms with Crippen LogP contribution in [0.1, 0.15) is 0 Å². The van der Waals surface area contributed by atoms with E-state index in [4.69, 9.17) is 4.42 Å². The first-order valence-electron chi connectivity index (χ1n) is 17.1. The van der Waals surface area contributed by atoms with Gasteiger partial charge in [-0.3, -0.25) is 0 Å². The van der Waals surface area contributed by atoms with Crippen LogP contribution in [0, 0.1) is 0 Å². The van der Waals surface area contributed by atoms with Crippen LogP contribution in [0.15, 0.2) is 192 Å². The maximum atomic E-state index is 6.38. The van der Waals surface area contributed by atoms with Crippen LogP contribution in [0.5, 0.6) is 0 Å². The summed E-state index contributed by atoms with van der Waals surface area (Å²) in [7, 11) is 0. The van der Waals surface area contributed by atoms with Crippen LogP contribution in [0.4, 0.5) is 17.1 Å². The van der Waals surface area contributed by atoms with Crippen molar-refractivity contribution in [2.24, 2.45) is 0 Å². The molecule has 9 aromatic carbocycles. The third kappa shape index (κ3) is 4.81. The molecule has 0 saturated carbocycles. The van der Waals surface area contributed by atoms with E-state index in [0.717, 1.165) is 50.1 Å². The highest BCUT2D eigenvalue weighted by Crippen LogP contribution is 2.44. The normalized spacial score (nSPS) is 11.6. The molecule has 0 fully saturated rings. The minimum Gasteiger partial charge on any atom is -0.456 e. The van der Waals surface area contributed by atoms with E-state index < -0.39 is 0 Å². The highest BCUT2D eigenvalue weighted by molar-refractivity contribution is 6.11. The number of hydrogen-bond acceptors (Lipinski definition) is 2. The molecule has 2 heteroatoms. The van der Waals surface area contributed by atoms with E-state index in [9.17, 15) is 0 Å². The molecule has 0 aliphatic rings. The van der Waals surface area contributed by atoms with Crippen molar-refractivity contribution in [2.45, 2.75) is 0 Å². The predicted octanol–water partition coefficient (Wildman–Crippen LogP) is 13.8. The van der Waals surface area contributed by atoms with Crippen LogP contribution in [0.3, 0.4) is 0 Å². The van der Waals surface area contributed by atoms with Crippen molar-refractivity contribution in [3.05, 3.63) is 188 Å². The largest absolute Gasteiger partial charge is 0.456 e. The molecule has 0 spiro atoms. The van der Waals surface area contributed by atoms with E-state index in [1.165, 1.54) is 43.4 Å². The van der Waals surface area contributed by atoms with Gasteiger partial charge in [0, 0.05) is 27.7 Å². The Labute approximate surface area is 290 Å². The van der Waals surface area contributed by atoms with E-state index in [0.29, 0.717) is 0 Å². The maximum absolute atomic E-state index is 6.38. The summed E-state index contributed by atoms with van der Waals surface area (Å²) >= 11 is 0. The van der Waals surface area contributed by atoms with E-state index in [1.54, 1.807) is 0 Å². The summed E-state index contributed by atoms with van der Waals surface area (Å²) in [4.78, 5) is 2.40. The molecule has 2 nitrogen and oxygen atoms in total. The molecule has 0 saturated heterocycles. The minimum atomic E-state index is 0.894. The number of hydrogen-bond donors (Lipinski definition) is 0. The van der Waals surface area contributed by atoms with Crippen molar-refractivity contribution in [2.75, 3.05) is 4.90 Å².